The summed E-state index contributed by atoms with van der Waals surface area (Å²) in [5.74, 6) is 0.269. The standard InChI is InChI=1S/C19H27NO6/c1-12-5-7-14(19(22)23)11-20(12)17(21)8-6-13-9-15(24-2)18(26-4)16(10-13)25-3/h9-10,12,14H,5-8,11H2,1-4H3,(H,22,23). The summed E-state index contributed by atoms with van der Waals surface area (Å²) in [6.45, 7) is 2.25. The molecule has 2 rings (SSSR count). The highest BCUT2D eigenvalue weighted by Gasteiger charge is 2.32. The number of likely N-dealkylation sites (tertiary alicyclic amines) is 1. The second-order valence-corrected chi connectivity index (χ2v) is 6.54. The number of piperidine rings is 1. The average Bonchev–Trinajstić information content (AvgIpc) is 2.65. The topological polar surface area (TPSA) is 85.3 Å². The van der Waals surface area contributed by atoms with Gasteiger partial charge < -0.3 is 24.2 Å². The van der Waals surface area contributed by atoms with Gasteiger partial charge in [-0.1, -0.05) is 0 Å². The predicted octanol–water partition coefficient (Wildman–Crippen LogP) is 2.36. The lowest BCUT2D eigenvalue weighted by molar-refractivity contribution is -0.147. The van der Waals surface area contributed by atoms with Crippen LogP contribution in [0.3, 0.4) is 0 Å². The van der Waals surface area contributed by atoms with Crippen LogP contribution in [0.5, 0.6) is 17.2 Å². The molecule has 0 aromatic heterocycles. The van der Waals surface area contributed by atoms with Gasteiger partial charge in [0, 0.05) is 19.0 Å². The van der Waals surface area contributed by atoms with Crippen molar-refractivity contribution in [1.82, 2.24) is 4.90 Å². The Bertz CT molecular complexity index is 634. The lowest BCUT2D eigenvalue weighted by atomic mass is 9.93. The minimum Gasteiger partial charge on any atom is -0.493 e. The number of hydrogen-bond donors (Lipinski definition) is 1. The molecule has 1 saturated heterocycles. The quantitative estimate of drug-likeness (QED) is 0.798. The number of aryl methyl sites for hydroxylation is 1. The third kappa shape index (κ3) is 4.39. The SMILES string of the molecule is COc1cc(CCC(=O)N2CC(C(=O)O)CCC2C)cc(OC)c1OC. The summed E-state index contributed by atoms with van der Waals surface area (Å²) >= 11 is 0. The molecule has 1 heterocycles. The van der Waals surface area contributed by atoms with Crippen molar-refractivity contribution in [1.29, 1.82) is 0 Å². The first-order valence-electron chi connectivity index (χ1n) is 8.72. The van der Waals surface area contributed by atoms with E-state index >= 15 is 0 Å². The zero-order valence-electron chi connectivity index (χ0n) is 15.8. The average molecular weight is 365 g/mol. The second-order valence-electron chi connectivity index (χ2n) is 6.54. The number of nitrogens with zero attached hydrogens (tertiary/aromatic N) is 1. The summed E-state index contributed by atoms with van der Waals surface area (Å²) in [7, 11) is 4.64. The van der Waals surface area contributed by atoms with Gasteiger partial charge in [0.15, 0.2) is 11.5 Å². The Morgan fingerprint density at radius 3 is 2.23 bits per heavy atom. The van der Waals surface area contributed by atoms with E-state index in [2.05, 4.69) is 0 Å². The number of methoxy groups -OCH3 is 3. The number of carbonyl (C=O) groups excluding carboxylic acids is 1. The minimum absolute atomic E-state index is 0.0304. The number of rotatable bonds is 7. The Morgan fingerprint density at radius 2 is 1.73 bits per heavy atom. The molecule has 1 fully saturated rings. The van der Waals surface area contributed by atoms with Crippen LogP contribution in [0.4, 0.5) is 0 Å². The molecule has 1 aromatic carbocycles. The van der Waals surface area contributed by atoms with E-state index in [-0.39, 0.29) is 18.5 Å². The molecule has 7 nitrogen and oxygen atoms in total. The fourth-order valence-electron chi connectivity index (χ4n) is 3.33. The third-order valence-corrected chi connectivity index (χ3v) is 4.90. The monoisotopic (exact) mass is 365 g/mol. The normalized spacial score (nSPS) is 19.8. The largest absolute Gasteiger partial charge is 0.493 e. The molecule has 7 heteroatoms. The maximum Gasteiger partial charge on any atom is 0.308 e. The van der Waals surface area contributed by atoms with E-state index in [1.165, 1.54) is 0 Å². The first kappa shape index (κ1) is 19.9. The van der Waals surface area contributed by atoms with Crippen LogP contribution in [0.2, 0.25) is 0 Å². The number of carboxylic acid groups (broad SMARTS) is 1. The lowest BCUT2D eigenvalue weighted by Crippen LogP contribution is -2.47. The number of carbonyl (C=O) groups is 2. The molecular weight excluding hydrogens is 338 g/mol. The summed E-state index contributed by atoms with van der Waals surface area (Å²) in [6.07, 6.45) is 2.14. The molecule has 2 atom stereocenters. The highest BCUT2D eigenvalue weighted by molar-refractivity contribution is 5.78. The van der Waals surface area contributed by atoms with Gasteiger partial charge in [-0.2, -0.15) is 0 Å². The first-order chi connectivity index (χ1) is 12.4. The number of amides is 1. The molecule has 26 heavy (non-hydrogen) atoms. The molecule has 0 aliphatic carbocycles. The summed E-state index contributed by atoms with van der Waals surface area (Å²) in [4.78, 5) is 25.6. The van der Waals surface area contributed by atoms with Crippen molar-refractivity contribution in [3.8, 4) is 17.2 Å². The summed E-state index contributed by atoms with van der Waals surface area (Å²) in [5.41, 5.74) is 0.896. The van der Waals surface area contributed by atoms with Crippen molar-refractivity contribution in [3.63, 3.8) is 0 Å². The van der Waals surface area contributed by atoms with Gasteiger partial charge in [0.2, 0.25) is 11.7 Å². The first-order valence-corrected chi connectivity index (χ1v) is 8.72. The van der Waals surface area contributed by atoms with Crippen LogP contribution < -0.4 is 14.2 Å². The predicted molar refractivity (Wildman–Crippen MR) is 96.0 cm³/mol. The fraction of sp³-hybridized carbons (Fsp3) is 0.579. The fourth-order valence-corrected chi connectivity index (χ4v) is 3.33. The van der Waals surface area contributed by atoms with Gasteiger partial charge in [-0.05, 0) is 43.9 Å². The van der Waals surface area contributed by atoms with E-state index in [9.17, 15) is 14.7 Å². The Morgan fingerprint density at radius 1 is 1.12 bits per heavy atom. The molecule has 0 spiro atoms. The van der Waals surface area contributed by atoms with Crippen LogP contribution in [-0.2, 0) is 16.0 Å². The molecular formula is C19H27NO6. The second kappa shape index (κ2) is 8.78. The number of hydrogen-bond acceptors (Lipinski definition) is 5. The highest BCUT2D eigenvalue weighted by Crippen LogP contribution is 2.38. The van der Waals surface area contributed by atoms with Gasteiger partial charge in [-0.3, -0.25) is 9.59 Å². The van der Waals surface area contributed by atoms with Gasteiger partial charge in [0.1, 0.15) is 0 Å². The third-order valence-electron chi connectivity index (χ3n) is 4.90. The Hall–Kier alpha value is -2.44. The zero-order valence-corrected chi connectivity index (χ0v) is 15.8. The van der Waals surface area contributed by atoms with Crippen LogP contribution in [-0.4, -0.2) is 55.8 Å². The highest BCUT2D eigenvalue weighted by atomic mass is 16.5. The van der Waals surface area contributed by atoms with Gasteiger partial charge in [-0.15, -0.1) is 0 Å². The Labute approximate surface area is 153 Å². The van der Waals surface area contributed by atoms with Crippen LogP contribution in [0, 0.1) is 5.92 Å². The van der Waals surface area contributed by atoms with E-state index in [0.29, 0.717) is 42.9 Å². The van der Waals surface area contributed by atoms with Crippen molar-refractivity contribution in [2.24, 2.45) is 5.92 Å². The van der Waals surface area contributed by atoms with Gasteiger partial charge in [0.05, 0.1) is 27.2 Å². The van der Waals surface area contributed by atoms with E-state index in [0.717, 1.165) is 5.56 Å². The van der Waals surface area contributed by atoms with Crippen molar-refractivity contribution in [2.45, 2.75) is 38.6 Å². The van der Waals surface area contributed by atoms with E-state index < -0.39 is 11.9 Å². The molecule has 0 radical (unpaired) electrons. The van der Waals surface area contributed by atoms with E-state index in [4.69, 9.17) is 14.2 Å². The molecule has 0 saturated carbocycles. The summed E-state index contributed by atoms with van der Waals surface area (Å²) in [6, 6.07) is 3.72. The van der Waals surface area contributed by atoms with Crippen LogP contribution in [0.25, 0.3) is 0 Å². The van der Waals surface area contributed by atoms with Crippen molar-refractivity contribution in [2.75, 3.05) is 27.9 Å². The molecule has 2 unspecified atom stereocenters. The Balaban J connectivity index is 2.07. The van der Waals surface area contributed by atoms with Gasteiger partial charge >= 0.3 is 5.97 Å². The van der Waals surface area contributed by atoms with Crippen LogP contribution in [0.15, 0.2) is 12.1 Å². The lowest BCUT2D eigenvalue weighted by Gasteiger charge is -2.36. The maximum absolute atomic E-state index is 12.6. The smallest absolute Gasteiger partial charge is 0.308 e. The maximum atomic E-state index is 12.6. The molecule has 1 aliphatic rings. The van der Waals surface area contributed by atoms with Crippen LogP contribution in [0.1, 0.15) is 31.7 Å². The van der Waals surface area contributed by atoms with E-state index in [1.807, 2.05) is 19.1 Å². The summed E-state index contributed by atoms with van der Waals surface area (Å²) in [5, 5.41) is 9.22. The molecule has 1 aliphatic heterocycles. The molecule has 144 valence electrons. The zero-order chi connectivity index (χ0) is 19.3. The van der Waals surface area contributed by atoms with Crippen molar-refractivity contribution < 1.29 is 28.9 Å². The van der Waals surface area contributed by atoms with E-state index in [1.54, 1.807) is 26.2 Å². The van der Waals surface area contributed by atoms with Crippen molar-refractivity contribution >= 4 is 11.9 Å². The summed E-state index contributed by atoms with van der Waals surface area (Å²) < 4.78 is 16.0. The van der Waals surface area contributed by atoms with Gasteiger partial charge in [0.25, 0.3) is 0 Å². The number of benzene rings is 1. The number of ether oxygens (including phenoxy) is 3. The van der Waals surface area contributed by atoms with Crippen molar-refractivity contribution in [3.05, 3.63) is 17.7 Å². The van der Waals surface area contributed by atoms with Gasteiger partial charge in [-0.25, -0.2) is 0 Å². The van der Waals surface area contributed by atoms with Crippen LogP contribution >= 0.6 is 0 Å². The Kier molecular flexibility index (Phi) is 6.71. The minimum atomic E-state index is -0.834. The number of aliphatic carboxylic acids is 1. The molecule has 0 bridgehead atoms. The molecule has 1 N–H and O–H groups in total. The molecule has 1 amide bonds. The number of carboxylic acids is 1. The molecule has 1 aromatic rings.